The van der Waals surface area contributed by atoms with Gasteiger partial charge in [-0.1, -0.05) is 6.92 Å². The first-order chi connectivity index (χ1) is 23.0. The Morgan fingerprint density at radius 2 is 1.79 bits per heavy atom. The molecule has 0 aliphatic carbocycles. The molecule has 7 rings (SSSR count). The number of anilines is 2. The van der Waals surface area contributed by atoms with Crippen LogP contribution < -0.4 is 10.2 Å². The number of hydrogen-bond donors (Lipinski definition) is 1. The number of benzene rings is 2. The maximum absolute atomic E-state index is 14.5. The minimum Gasteiger partial charge on any atom is -0.333 e. The Morgan fingerprint density at radius 1 is 0.979 bits per heavy atom. The molecule has 1 N–H and O–H groups in total. The van der Waals surface area contributed by atoms with Gasteiger partial charge in [-0.3, -0.25) is 24.6 Å². The third-order valence-corrected chi connectivity index (χ3v) is 8.55. The van der Waals surface area contributed by atoms with E-state index in [1.54, 1.807) is 82.7 Å². The fourth-order valence-electron chi connectivity index (χ4n) is 6.28. The molecule has 0 bridgehead atoms. The first-order valence-electron chi connectivity index (χ1n) is 15.3. The Balaban J connectivity index is 1.35. The number of amides is 2. The molecule has 5 heterocycles. The molecule has 0 spiro atoms. The molecule has 0 saturated heterocycles. The lowest BCUT2D eigenvalue weighted by Gasteiger charge is -2.31. The van der Waals surface area contributed by atoms with Crippen molar-refractivity contribution in [1.29, 1.82) is 0 Å². The van der Waals surface area contributed by atoms with E-state index in [2.05, 4.69) is 25.4 Å². The van der Waals surface area contributed by atoms with Crippen LogP contribution in [0.25, 0.3) is 22.0 Å². The highest BCUT2D eigenvalue weighted by molar-refractivity contribution is 6.17. The van der Waals surface area contributed by atoms with Crippen LogP contribution in [-0.2, 0) is 39.7 Å². The molecule has 1 aliphatic heterocycles. The van der Waals surface area contributed by atoms with E-state index in [0.717, 1.165) is 10.2 Å². The molecule has 244 valence electrons. The van der Waals surface area contributed by atoms with Crippen molar-refractivity contribution in [3.8, 4) is 11.1 Å². The predicted octanol–water partition coefficient (Wildman–Crippen LogP) is 5.65. The normalized spacial score (nSPS) is 13.3. The Labute approximate surface area is 272 Å². The van der Waals surface area contributed by atoms with Gasteiger partial charge in [0.2, 0.25) is 5.95 Å². The second kappa shape index (κ2) is 11.8. The van der Waals surface area contributed by atoms with Crippen LogP contribution in [0.2, 0.25) is 0 Å². The van der Waals surface area contributed by atoms with Gasteiger partial charge in [-0.25, -0.2) is 9.97 Å². The molecule has 0 unspecified atom stereocenters. The topological polar surface area (TPSA) is 116 Å². The number of imidazole rings is 2. The van der Waals surface area contributed by atoms with Crippen molar-refractivity contribution in [3.05, 3.63) is 107 Å². The quantitative estimate of drug-likeness (QED) is 0.238. The second-order valence-corrected chi connectivity index (χ2v) is 11.7. The summed E-state index contributed by atoms with van der Waals surface area (Å²) in [5, 5.41) is 7.18. The van der Waals surface area contributed by atoms with E-state index in [1.807, 2.05) is 13.0 Å². The maximum atomic E-state index is 14.5. The predicted molar refractivity (Wildman–Crippen MR) is 173 cm³/mol. The Hall–Kier alpha value is -5.79. The van der Waals surface area contributed by atoms with E-state index in [-0.39, 0.29) is 24.4 Å². The average Bonchev–Trinajstić information content (AvgIpc) is 3.82. The van der Waals surface area contributed by atoms with Gasteiger partial charge in [0, 0.05) is 80.9 Å². The van der Waals surface area contributed by atoms with Gasteiger partial charge in [0.15, 0.2) is 5.69 Å². The molecule has 1 aliphatic rings. The SMILES string of the molecule is CCc1cc(C(=O)Nc2nccn2C)c2nccc(N3CCc4c(cc(Cn5ccnc5)cc4-c4cn(C)nc4C(F)(F)F)C3=O)c2c1. The fourth-order valence-corrected chi connectivity index (χ4v) is 6.28. The highest BCUT2D eigenvalue weighted by Crippen LogP contribution is 2.41. The molecular weight excluding hydrogens is 623 g/mol. The van der Waals surface area contributed by atoms with Crippen LogP contribution in [-0.4, -0.2) is 52.2 Å². The van der Waals surface area contributed by atoms with Crippen LogP contribution >= 0.6 is 0 Å². The van der Waals surface area contributed by atoms with Crippen molar-refractivity contribution in [2.45, 2.75) is 32.5 Å². The van der Waals surface area contributed by atoms with Crippen LogP contribution in [0.4, 0.5) is 24.8 Å². The van der Waals surface area contributed by atoms with E-state index in [1.165, 1.54) is 13.2 Å². The smallest absolute Gasteiger partial charge is 0.333 e. The molecule has 0 radical (unpaired) electrons. The van der Waals surface area contributed by atoms with Gasteiger partial charge in [0.25, 0.3) is 11.8 Å². The van der Waals surface area contributed by atoms with Crippen LogP contribution in [0.1, 0.15) is 50.0 Å². The molecule has 2 amide bonds. The van der Waals surface area contributed by atoms with E-state index >= 15 is 0 Å². The number of fused-ring (bicyclic) bond motifs is 2. The summed E-state index contributed by atoms with van der Waals surface area (Å²) in [6.07, 6.45) is 7.37. The van der Waals surface area contributed by atoms with Gasteiger partial charge in [0.05, 0.1) is 23.1 Å². The van der Waals surface area contributed by atoms with Gasteiger partial charge in [-0.2, -0.15) is 18.3 Å². The molecule has 6 aromatic rings. The molecular formula is C34H30F3N9O2. The molecule has 14 heteroatoms. The lowest BCUT2D eigenvalue weighted by molar-refractivity contribution is -0.141. The average molecular weight is 654 g/mol. The van der Waals surface area contributed by atoms with Crippen molar-refractivity contribution < 1.29 is 22.8 Å². The Morgan fingerprint density at radius 3 is 2.50 bits per heavy atom. The number of rotatable bonds is 7. The third kappa shape index (κ3) is 5.48. The van der Waals surface area contributed by atoms with Crippen molar-refractivity contribution >= 4 is 34.4 Å². The number of nitrogens with zero attached hydrogens (tertiary/aromatic N) is 8. The zero-order chi connectivity index (χ0) is 33.7. The molecule has 0 saturated carbocycles. The largest absolute Gasteiger partial charge is 0.435 e. The summed E-state index contributed by atoms with van der Waals surface area (Å²) in [7, 11) is 3.21. The number of carbonyl (C=O) groups excluding carboxylic acids is 2. The summed E-state index contributed by atoms with van der Waals surface area (Å²) in [4.78, 5) is 42.4. The minimum absolute atomic E-state index is 0.0831. The first kappa shape index (κ1) is 30.8. The van der Waals surface area contributed by atoms with Gasteiger partial charge in [-0.05, 0) is 65.4 Å². The van der Waals surface area contributed by atoms with Gasteiger partial charge >= 0.3 is 6.18 Å². The van der Waals surface area contributed by atoms with Crippen LogP contribution in [0, 0.1) is 0 Å². The minimum atomic E-state index is -4.69. The number of pyridine rings is 1. The van der Waals surface area contributed by atoms with Gasteiger partial charge in [-0.15, -0.1) is 0 Å². The standard InChI is InChI=1S/C34H30F3N9O2/c1-4-20-13-25-28(5-7-39-29(25)26(14-20)31(47)41-33-40-9-11-43(33)2)46-10-6-22-23(27-18-44(3)42-30(27)34(35,36)37)15-21(16-24(22)32(46)48)17-45-12-8-38-19-45/h5,7-9,11-16,18-19H,4,6,10,17H2,1-3H3,(H,40,41,47). The van der Waals surface area contributed by atoms with Crippen LogP contribution in [0.15, 0.2) is 73.8 Å². The van der Waals surface area contributed by atoms with Crippen molar-refractivity contribution in [2.75, 3.05) is 16.8 Å². The van der Waals surface area contributed by atoms with Crippen molar-refractivity contribution in [1.82, 2.24) is 33.9 Å². The molecule has 0 atom stereocenters. The lowest BCUT2D eigenvalue weighted by atomic mass is 9.87. The van der Waals surface area contributed by atoms with Crippen molar-refractivity contribution in [3.63, 3.8) is 0 Å². The van der Waals surface area contributed by atoms with Gasteiger partial charge < -0.3 is 14.0 Å². The Bertz CT molecular complexity index is 2200. The number of halogens is 3. The number of hydrogen-bond acceptors (Lipinski definition) is 6. The summed E-state index contributed by atoms with van der Waals surface area (Å²) in [6.45, 7) is 2.46. The highest BCUT2D eigenvalue weighted by Gasteiger charge is 2.39. The number of aromatic nitrogens is 7. The van der Waals surface area contributed by atoms with Crippen LogP contribution in [0.5, 0.6) is 0 Å². The fraction of sp³-hybridized carbons (Fsp3) is 0.235. The summed E-state index contributed by atoms with van der Waals surface area (Å²) >= 11 is 0. The summed E-state index contributed by atoms with van der Waals surface area (Å²) in [5.41, 5.74) is 2.85. The summed E-state index contributed by atoms with van der Waals surface area (Å²) in [6, 6.07) is 8.87. The monoisotopic (exact) mass is 653 g/mol. The number of nitrogens with one attached hydrogen (secondary N) is 1. The van der Waals surface area contributed by atoms with E-state index in [4.69, 9.17) is 0 Å². The zero-order valence-electron chi connectivity index (χ0n) is 26.3. The zero-order valence-corrected chi connectivity index (χ0v) is 26.3. The molecule has 4 aromatic heterocycles. The van der Waals surface area contributed by atoms with Crippen molar-refractivity contribution in [2.24, 2.45) is 14.1 Å². The highest BCUT2D eigenvalue weighted by atomic mass is 19.4. The molecule has 2 aromatic carbocycles. The van der Waals surface area contributed by atoms with E-state index < -0.39 is 17.8 Å². The van der Waals surface area contributed by atoms with E-state index in [9.17, 15) is 22.8 Å². The molecule has 48 heavy (non-hydrogen) atoms. The molecule has 11 nitrogen and oxygen atoms in total. The van der Waals surface area contributed by atoms with E-state index in [0.29, 0.717) is 63.3 Å². The second-order valence-electron chi connectivity index (χ2n) is 11.7. The van der Waals surface area contributed by atoms with Gasteiger partial charge in [0.1, 0.15) is 0 Å². The first-order valence-corrected chi connectivity index (χ1v) is 15.3. The third-order valence-electron chi connectivity index (χ3n) is 8.55. The maximum Gasteiger partial charge on any atom is 0.435 e. The lowest BCUT2D eigenvalue weighted by Crippen LogP contribution is -2.38. The summed E-state index contributed by atoms with van der Waals surface area (Å²) < 4.78 is 47.1. The number of alkyl halides is 3. The number of aryl methyl sites for hydroxylation is 3. The summed E-state index contributed by atoms with van der Waals surface area (Å²) in [5.74, 6) is -0.384. The number of carbonyl (C=O) groups is 2. The Kier molecular flexibility index (Phi) is 7.57. The van der Waals surface area contributed by atoms with Crippen LogP contribution in [0.3, 0.4) is 0 Å². The molecule has 0 fully saturated rings.